The summed E-state index contributed by atoms with van der Waals surface area (Å²) in [7, 11) is 0. The lowest BCUT2D eigenvalue weighted by Gasteiger charge is -2.23. The molecule has 2 N–H and O–H groups in total. The Morgan fingerprint density at radius 2 is 2.26 bits per heavy atom. The van der Waals surface area contributed by atoms with Crippen molar-refractivity contribution in [3.8, 4) is 0 Å². The van der Waals surface area contributed by atoms with Gasteiger partial charge in [0.1, 0.15) is 0 Å². The number of H-pyrrole nitrogens is 1. The number of aliphatic hydroxyl groups excluding tert-OH is 1. The van der Waals surface area contributed by atoms with Crippen LogP contribution in [0.2, 0.25) is 0 Å². The fourth-order valence-corrected chi connectivity index (χ4v) is 2.99. The van der Waals surface area contributed by atoms with Gasteiger partial charge in [0.05, 0.1) is 18.2 Å². The van der Waals surface area contributed by atoms with E-state index in [0.717, 1.165) is 41.5 Å². The largest absolute Gasteiger partial charge is 0.394 e. The number of nitrogens with zero attached hydrogens (tertiary/aromatic N) is 1. The maximum absolute atomic E-state index is 12.7. The van der Waals surface area contributed by atoms with Crippen LogP contribution in [0.1, 0.15) is 28.9 Å². The Bertz CT molecular complexity index is 618. The van der Waals surface area contributed by atoms with Crippen LogP contribution in [0.4, 0.5) is 0 Å². The zero-order chi connectivity index (χ0) is 13.4. The van der Waals surface area contributed by atoms with Gasteiger partial charge in [0.25, 0.3) is 5.91 Å². The molecule has 0 spiro atoms. The summed E-state index contributed by atoms with van der Waals surface area (Å²) in [5.41, 5.74) is 2.63. The molecule has 4 heteroatoms. The summed E-state index contributed by atoms with van der Waals surface area (Å²) >= 11 is 0. The maximum Gasteiger partial charge on any atom is 0.256 e. The van der Waals surface area contributed by atoms with E-state index in [9.17, 15) is 9.90 Å². The molecule has 1 amide bonds. The van der Waals surface area contributed by atoms with Crippen LogP contribution in [-0.4, -0.2) is 40.1 Å². The topological polar surface area (TPSA) is 56.3 Å². The van der Waals surface area contributed by atoms with Crippen molar-refractivity contribution in [2.45, 2.75) is 25.8 Å². The molecule has 0 aliphatic carbocycles. The molecular formula is C15H18N2O2. The summed E-state index contributed by atoms with van der Waals surface area (Å²) in [6.07, 6.45) is 1.86. The minimum atomic E-state index is -0.0273. The van der Waals surface area contributed by atoms with Crippen molar-refractivity contribution in [1.82, 2.24) is 9.88 Å². The molecule has 2 aromatic rings. The molecule has 1 aromatic carbocycles. The van der Waals surface area contributed by atoms with Gasteiger partial charge in [0, 0.05) is 23.1 Å². The summed E-state index contributed by atoms with van der Waals surface area (Å²) in [6.45, 7) is 2.72. The molecule has 0 unspecified atom stereocenters. The molecule has 100 valence electrons. The standard InChI is InChI=1S/C15H18N2O2/c1-10-14(12-6-2-3-7-13(12)16-10)15(19)17-8-4-5-11(17)9-18/h2-3,6-7,11,16,18H,4-5,8-9H2,1H3/t11-/m1/s1. The molecule has 4 nitrogen and oxygen atoms in total. The zero-order valence-electron chi connectivity index (χ0n) is 11.0. The molecule has 1 aliphatic rings. The summed E-state index contributed by atoms with van der Waals surface area (Å²) in [5.74, 6) is 0.0338. The quantitative estimate of drug-likeness (QED) is 0.866. The zero-order valence-corrected chi connectivity index (χ0v) is 11.0. The Labute approximate surface area is 112 Å². The molecule has 1 aliphatic heterocycles. The van der Waals surface area contributed by atoms with Crippen LogP contribution in [0.25, 0.3) is 10.9 Å². The van der Waals surface area contributed by atoms with Crippen molar-refractivity contribution in [2.24, 2.45) is 0 Å². The minimum Gasteiger partial charge on any atom is -0.394 e. The van der Waals surface area contributed by atoms with Gasteiger partial charge in [0.2, 0.25) is 0 Å². The predicted molar refractivity (Wildman–Crippen MR) is 74.2 cm³/mol. The third kappa shape index (κ3) is 1.92. The highest BCUT2D eigenvalue weighted by molar-refractivity contribution is 6.08. The van der Waals surface area contributed by atoms with Crippen LogP contribution < -0.4 is 0 Å². The van der Waals surface area contributed by atoms with Crippen LogP contribution in [0.15, 0.2) is 24.3 Å². The van der Waals surface area contributed by atoms with Gasteiger partial charge in [-0.25, -0.2) is 0 Å². The SMILES string of the molecule is Cc1[nH]c2ccccc2c1C(=O)N1CCC[C@@H]1CO. The van der Waals surface area contributed by atoms with E-state index in [0.29, 0.717) is 0 Å². The van der Waals surface area contributed by atoms with Crippen LogP contribution >= 0.6 is 0 Å². The number of aromatic amines is 1. The Hall–Kier alpha value is -1.81. The maximum atomic E-state index is 12.7. The number of hydrogen-bond acceptors (Lipinski definition) is 2. The fourth-order valence-electron chi connectivity index (χ4n) is 2.99. The lowest BCUT2D eigenvalue weighted by molar-refractivity contribution is 0.0679. The Morgan fingerprint density at radius 1 is 1.47 bits per heavy atom. The van der Waals surface area contributed by atoms with Gasteiger partial charge in [-0.05, 0) is 25.8 Å². The van der Waals surface area contributed by atoms with Gasteiger partial charge >= 0.3 is 0 Å². The van der Waals surface area contributed by atoms with Gasteiger partial charge in [0.15, 0.2) is 0 Å². The van der Waals surface area contributed by atoms with Crippen LogP contribution in [0, 0.1) is 6.92 Å². The van der Waals surface area contributed by atoms with Crippen molar-refractivity contribution >= 4 is 16.8 Å². The van der Waals surface area contributed by atoms with Gasteiger partial charge in [-0.15, -0.1) is 0 Å². The molecule has 19 heavy (non-hydrogen) atoms. The number of benzene rings is 1. The number of carbonyl (C=O) groups is 1. The van der Waals surface area contributed by atoms with Crippen LogP contribution in [0.5, 0.6) is 0 Å². The van der Waals surface area contributed by atoms with E-state index in [2.05, 4.69) is 4.98 Å². The minimum absolute atomic E-state index is 0.0273. The second kappa shape index (κ2) is 4.70. The van der Waals surface area contributed by atoms with Gasteiger partial charge in [-0.3, -0.25) is 4.79 Å². The number of aliphatic hydroxyl groups is 1. The second-order valence-corrected chi connectivity index (χ2v) is 5.15. The molecule has 1 fully saturated rings. The molecule has 3 rings (SSSR count). The van der Waals surface area contributed by atoms with E-state index >= 15 is 0 Å². The van der Waals surface area contributed by atoms with Crippen molar-refractivity contribution in [3.05, 3.63) is 35.5 Å². The average molecular weight is 258 g/mol. The normalized spacial score (nSPS) is 19.3. The molecule has 1 atom stereocenters. The van der Waals surface area contributed by atoms with Crippen LogP contribution in [0.3, 0.4) is 0 Å². The number of carbonyl (C=O) groups excluding carboxylic acids is 1. The number of rotatable bonds is 2. The predicted octanol–water partition coefficient (Wildman–Crippen LogP) is 2.07. The molecular weight excluding hydrogens is 240 g/mol. The summed E-state index contributed by atoms with van der Waals surface area (Å²) in [6, 6.07) is 7.82. The van der Waals surface area contributed by atoms with E-state index in [4.69, 9.17) is 0 Å². The van der Waals surface area contributed by atoms with Crippen molar-refractivity contribution in [3.63, 3.8) is 0 Å². The number of nitrogens with one attached hydrogen (secondary N) is 1. The molecule has 0 saturated carbocycles. The van der Waals surface area contributed by atoms with Gasteiger partial charge < -0.3 is 15.0 Å². The third-order valence-corrected chi connectivity index (χ3v) is 3.96. The number of likely N-dealkylation sites (tertiary alicyclic amines) is 1. The number of hydrogen-bond donors (Lipinski definition) is 2. The second-order valence-electron chi connectivity index (χ2n) is 5.15. The molecule has 0 bridgehead atoms. The number of amides is 1. The number of aromatic nitrogens is 1. The van der Waals surface area contributed by atoms with E-state index in [-0.39, 0.29) is 18.6 Å². The van der Waals surface area contributed by atoms with E-state index in [1.807, 2.05) is 36.1 Å². The first kappa shape index (κ1) is 12.2. The lowest BCUT2D eigenvalue weighted by atomic mass is 10.1. The monoisotopic (exact) mass is 258 g/mol. The molecule has 2 heterocycles. The van der Waals surface area contributed by atoms with Crippen molar-refractivity contribution in [2.75, 3.05) is 13.2 Å². The fraction of sp³-hybridized carbons (Fsp3) is 0.400. The van der Waals surface area contributed by atoms with Gasteiger partial charge in [-0.1, -0.05) is 18.2 Å². The third-order valence-electron chi connectivity index (χ3n) is 3.96. The Kier molecular flexibility index (Phi) is 3.03. The van der Waals surface area contributed by atoms with Crippen LogP contribution in [-0.2, 0) is 0 Å². The highest BCUT2D eigenvalue weighted by Gasteiger charge is 2.30. The van der Waals surface area contributed by atoms with Gasteiger partial charge in [-0.2, -0.15) is 0 Å². The highest BCUT2D eigenvalue weighted by atomic mass is 16.3. The average Bonchev–Trinajstić information content (AvgIpc) is 3.00. The summed E-state index contributed by atoms with van der Waals surface area (Å²) in [5, 5.41) is 10.3. The number of aryl methyl sites for hydroxylation is 1. The lowest BCUT2D eigenvalue weighted by Crippen LogP contribution is -2.37. The molecule has 1 aromatic heterocycles. The van der Waals surface area contributed by atoms with Crippen molar-refractivity contribution < 1.29 is 9.90 Å². The molecule has 0 radical (unpaired) electrons. The Balaban J connectivity index is 2.04. The van der Waals surface area contributed by atoms with E-state index in [1.54, 1.807) is 0 Å². The Morgan fingerprint density at radius 3 is 3.05 bits per heavy atom. The highest BCUT2D eigenvalue weighted by Crippen LogP contribution is 2.26. The van der Waals surface area contributed by atoms with E-state index < -0.39 is 0 Å². The first-order valence-electron chi connectivity index (χ1n) is 6.71. The van der Waals surface area contributed by atoms with E-state index in [1.165, 1.54) is 0 Å². The number of para-hydroxylation sites is 1. The smallest absolute Gasteiger partial charge is 0.256 e. The first-order chi connectivity index (χ1) is 9.22. The number of fused-ring (bicyclic) bond motifs is 1. The molecule has 1 saturated heterocycles. The summed E-state index contributed by atoms with van der Waals surface area (Å²) in [4.78, 5) is 17.8. The first-order valence-corrected chi connectivity index (χ1v) is 6.71. The summed E-state index contributed by atoms with van der Waals surface area (Å²) < 4.78 is 0. The van der Waals surface area contributed by atoms with Crippen molar-refractivity contribution in [1.29, 1.82) is 0 Å².